The lowest BCUT2D eigenvalue weighted by molar-refractivity contribution is -0.121. The van der Waals surface area contributed by atoms with E-state index >= 15 is 0 Å². The Balaban J connectivity index is 1.24. The minimum Gasteiger partial charge on any atom is -0.441 e. The van der Waals surface area contributed by atoms with Crippen molar-refractivity contribution in [2.45, 2.75) is 44.9 Å². The molecule has 1 aromatic heterocycles. The van der Waals surface area contributed by atoms with E-state index in [1.807, 2.05) is 25.1 Å². The number of carbonyl (C=O) groups excluding carboxylic acids is 1. The fourth-order valence-electron chi connectivity index (χ4n) is 3.81. The number of carbonyl (C=O) groups is 1. The second-order valence-corrected chi connectivity index (χ2v) is 7.17. The summed E-state index contributed by atoms with van der Waals surface area (Å²) in [6.07, 6.45) is 4.32. The highest BCUT2D eigenvalue weighted by Gasteiger charge is 2.23. The molecular formula is C22H24N2O2. The molecule has 0 bridgehead atoms. The van der Waals surface area contributed by atoms with Gasteiger partial charge in [-0.25, -0.2) is 4.98 Å². The average Bonchev–Trinajstić information content (AvgIpc) is 3.22. The van der Waals surface area contributed by atoms with Crippen LogP contribution in [0, 0.1) is 6.92 Å². The maximum absolute atomic E-state index is 12.2. The number of hydrogen-bond acceptors (Lipinski definition) is 3. The van der Waals surface area contributed by atoms with E-state index in [2.05, 4.69) is 34.6 Å². The first-order valence-electron chi connectivity index (χ1n) is 9.39. The first kappa shape index (κ1) is 16.8. The Hall–Kier alpha value is -2.62. The molecule has 1 aliphatic carbocycles. The largest absolute Gasteiger partial charge is 0.441 e. The van der Waals surface area contributed by atoms with Gasteiger partial charge in [0.25, 0.3) is 0 Å². The van der Waals surface area contributed by atoms with Gasteiger partial charge in [0.1, 0.15) is 5.52 Å². The lowest BCUT2D eigenvalue weighted by Gasteiger charge is -2.11. The van der Waals surface area contributed by atoms with Gasteiger partial charge in [0, 0.05) is 19.4 Å². The van der Waals surface area contributed by atoms with E-state index < -0.39 is 0 Å². The van der Waals surface area contributed by atoms with Crippen LogP contribution in [0.3, 0.4) is 0 Å². The minimum atomic E-state index is 0.139. The number of amides is 1. The number of aromatic nitrogens is 1. The number of fused-ring (bicyclic) bond motifs is 2. The molecule has 0 aliphatic heterocycles. The molecule has 0 saturated carbocycles. The molecule has 4 rings (SSSR count). The van der Waals surface area contributed by atoms with Gasteiger partial charge in [0.15, 0.2) is 11.5 Å². The predicted octanol–water partition coefficient (Wildman–Crippen LogP) is 4.31. The Morgan fingerprint density at radius 2 is 2.15 bits per heavy atom. The van der Waals surface area contributed by atoms with Crippen molar-refractivity contribution in [3.05, 3.63) is 65.0 Å². The second-order valence-electron chi connectivity index (χ2n) is 7.17. The molecule has 0 fully saturated rings. The van der Waals surface area contributed by atoms with Gasteiger partial charge in [0.2, 0.25) is 5.91 Å². The Morgan fingerprint density at radius 1 is 1.27 bits per heavy atom. The highest BCUT2D eigenvalue weighted by atomic mass is 16.3. The predicted molar refractivity (Wildman–Crippen MR) is 102 cm³/mol. The van der Waals surface area contributed by atoms with Crippen molar-refractivity contribution in [3.8, 4) is 0 Å². The molecule has 3 aromatic rings. The monoisotopic (exact) mass is 348 g/mol. The van der Waals surface area contributed by atoms with Gasteiger partial charge in [-0.2, -0.15) is 0 Å². The maximum atomic E-state index is 12.2. The molecule has 134 valence electrons. The van der Waals surface area contributed by atoms with Crippen LogP contribution in [0.15, 0.2) is 46.9 Å². The van der Waals surface area contributed by atoms with Gasteiger partial charge >= 0.3 is 0 Å². The first-order chi connectivity index (χ1) is 12.7. The summed E-state index contributed by atoms with van der Waals surface area (Å²) in [4.78, 5) is 16.7. The van der Waals surface area contributed by atoms with Gasteiger partial charge < -0.3 is 9.73 Å². The molecule has 1 heterocycles. The van der Waals surface area contributed by atoms with Crippen molar-refractivity contribution < 1.29 is 9.21 Å². The highest BCUT2D eigenvalue weighted by Crippen LogP contribution is 2.35. The van der Waals surface area contributed by atoms with Gasteiger partial charge in [-0.3, -0.25) is 4.79 Å². The van der Waals surface area contributed by atoms with Crippen LogP contribution < -0.4 is 5.32 Å². The smallest absolute Gasteiger partial charge is 0.220 e. The van der Waals surface area contributed by atoms with Crippen molar-refractivity contribution >= 4 is 17.0 Å². The molecule has 1 amide bonds. The summed E-state index contributed by atoms with van der Waals surface area (Å²) in [5, 5.41) is 3.05. The summed E-state index contributed by atoms with van der Waals surface area (Å²) in [6.45, 7) is 2.70. The number of oxazole rings is 1. The van der Waals surface area contributed by atoms with E-state index in [1.165, 1.54) is 16.7 Å². The molecule has 0 radical (unpaired) electrons. The fraction of sp³-hybridized carbons (Fsp3) is 0.364. The highest BCUT2D eigenvalue weighted by molar-refractivity contribution is 5.77. The van der Waals surface area contributed by atoms with Crippen LogP contribution in [0.4, 0.5) is 0 Å². The van der Waals surface area contributed by atoms with Crippen LogP contribution in [-0.4, -0.2) is 17.4 Å². The molecular weight excluding hydrogens is 324 g/mol. The zero-order valence-corrected chi connectivity index (χ0v) is 15.1. The van der Waals surface area contributed by atoms with Crippen LogP contribution in [0.1, 0.15) is 47.8 Å². The molecule has 0 saturated heterocycles. The van der Waals surface area contributed by atoms with Gasteiger partial charge in [-0.1, -0.05) is 30.3 Å². The molecule has 1 atom stereocenters. The minimum absolute atomic E-state index is 0.139. The average molecular weight is 348 g/mol. The SMILES string of the molecule is Cc1ccc2nc(CCCNC(=O)C[C@@H]3CCc4ccccc43)oc2c1. The zero-order valence-electron chi connectivity index (χ0n) is 15.1. The third-order valence-corrected chi connectivity index (χ3v) is 5.17. The summed E-state index contributed by atoms with van der Waals surface area (Å²) < 4.78 is 5.78. The van der Waals surface area contributed by atoms with Crippen molar-refractivity contribution in [1.82, 2.24) is 10.3 Å². The number of rotatable bonds is 6. The third kappa shape index (κ3) is 3.64. The maximum Gasteiger partial charge on any atom is 0.220 e. The Labute approximate surface area is 153 Å². The van der Waals surface area contributed by atoms with Crippen molar-refractivity contribution in [2.75, 3.05) is 6.54 Å². The van der Waals surface area contributed by atoms with Crippen LogP contribution >= 0.6 is 0 Å². The van der Waals surface area contributed by atoms with E-state index in [-0.39, 0.29) is 5.91 Å². The Kier molecular flexibility index (Phi) is 4.74. The van der Waals surface area contributed by atoms with Gasteiger partial charge in [-0.05, 0) is 60.9 Å². The standard InChI is InChI=1S/C22H24N2O2/c1-15-8-11-19-20(13-15)26-22(24-19)7-4-12-23-21(25)14-17-10-9-16-5-2-3-6-18(16)17/h2-3,5-6,8,11,13,17H,4,7,9-10,12,14H2,1H3,(H,23,25)/t17-/m0/s1. The van der Waals surface area contributed by atoms with E-state index in [0.717, 1.165) is 42.7 Å². The summed E-state index contributed by atoms with van der Waals surface area (Å²) >= 11 is 0. The van der Waals surface area contributed by atoms with Crippen molar-refractivity contribution in [1.29, 1.82) is 0 Å². The zero-order chi connectivity index (χ0) is 17.9. The van der Waals surface area contributed by atoms with Crippen LogP contribution in [0.5, 0.6) is 0 Å². The van der Waals surface area contributed by atoms with Gasteiger partial charge in [-0.15, -0.1) is 0 Å². The number of benzene rings is 2. The lowest BCUT2D eigenvalue weighted by Crippen LogP contribution is -2.26. The normalized spacial score (nSPS) is 16.0. The van der Waals surface area contributed by atoms with Crippen LogP contribution in [0.2, 0.25) is 0 Å². The summed E-state index contributed by atoms with van der Waals surface area (Å²) in [5.41, 5.74) is 5.65. The molecule has 1 aliphatic rings. The van der Waals surface area contributed by atoms with E-state index in [1.54, 1.807) is 0 Å². The molecule has 0 spiro atoms. The van der Waals surface area contributed by atoms with Crippen molar-refractivity contribution in [3.63, 3.8) is 0 Å². The molecule has 2 aromatic carbocycles. The Bertz CT molecular complexity index is 929. The Morgan fingerprint density at radius 3 is 3.08 bits per heavy atom. The number of nitrogens with one attached hydrogen (secondary N) is 1. The van der Waals surface area contributed by atoms with Crippen LogP contribution in [0.25, 0.3) is 11.1 Å². The second kappa shape index (κ2) is 7.32. The van der Waals surface area contributed by atoms with Gasteiger partial charge in [0.05, 0.1) is 0 Å². The molecule has 0 unspecified atom stereocenters. The molecule has 4 heteroatoms. The van der Waals surface area contributed by atoms with E-state index in [9.17, 15) is 4.79 Å². The van der Waals surface area contributed by atoms with Crippen LogP contribution in [-0.2, 0) is 17.6 Å². The lowest BCUT2D eigenvalue weighted by atomic mass is 9.97. The van der Waals surface area contributed by atoms with E-state index in [4.69, 9.17) is 4.42 Å². The summed E-state index contributed by atoms with van der Waals surface area (Å²) in [6, 6.07) is 14.5. The fourth-order valence-corrected chi connectivity index (χ4v) is 3.81. The number of nitrogens with zero attached hydrogens (tertiary/aromatic N) is 1. The van der Waals surface area contributed by atoms with Crippen molar-refractivity contribution in [2.24, 2.45) is 0 Å². The number of hydrogen-bond donors (Lipinski definition) is 1. The quantitative estimate of drug-likeness (QED) is 0.676. The molecule has 1 N–H and O–H groups in total. The first-order valence-corrected chi connectivity index (χ1v) is 9.39. The number of aryl methyl sites for hydroxylation is 3. The summed E-state index contributed by atoms with van der Waals surface area (Å²) in [5.74, 6) is 1.25. The van der Waals surface area contributed by atoms with E-state index in [0.29, 0.717) is 18.9 Å². The molecule has 4 nitrogen and oxygen atoms in total. The molecule has 26 heavy (non-hydrogen) atoms. The topological polar surface area (TPSA) is 55.1 Å². The summed E-state index contributed by atoms with van der Waals surface area (Å²) in [7, 11) is 0. The third-order valence-electron chi connectivity index (χ3n) is 5.17.